The minimum atomic E-state index is 1.10. The SMILES string of the molecule is c1ccc(-c2ccc(N(c3ccc(-c4ccc(-c5cccc6ccccc56)cc4)cc3)c3ccc(-c4cccc(-c5ccccc5)c4)cc3)cc2)cc1.c1ccc(-c2ccc(N(c3ccc(-c4cccc(-c5ccccc5)c4)cc3)c3ccc(-c4cccc5ccccc45)cc3)cc2)cc1. The molecule has 0 aromatic heterocycles. The van der Waals surface area contributed by atoms with Crippen LogP contribution in [-0.2, 0) is 0 Å². The van der Waals surface area contributed by atoms with Crippen LogP contribution < -0.4 is 9.80 Å². The molecular weight excluding hydrogens is 1210 g/mol. The maximum atomic E-state index is 2.34. The van der Waals surface area contributed by atoms with Gasteiger partial charge in [-0.3, -0.25) is 0 Å². The summed E-state index contributed by atoms with van der Waals surface area (Å²) in [6.45, 7) is 0. The topological polar surface area (TPSA) is 6.48 Å². The molecule has 0 unspecified atom stereocenters. The zero-order valence-corrected chi connectivity index (χ0v) is 55.3. The van der Waals surface area contributed by atoms with Gasteiger partial charge in [0.05, 0.1) is 0 Å². The van der Waals surface area contributed by atoms with Crippen LogP contribution in [0.4, 0.5) is 34.1 Å². The molecule has 0 N–H and O–H groups in total. The molecule has 0 radical (unpaired) electrons. The lowest BCUT2D eigenvalue weighted by molar-refractivity contribution is 1.28. The van der Waals surface area contributed by atoms with Crippen molar-refractivity contribution in [3.63, 3.8) is 0 Å². The Kier molecular flexibility index (Phi) is 17.7. The Balaban J connectivity index is 0.000000157. The summed E-state index contributed by atoms with van der Waals surface area (Å²) in [5.41, 5.74) is 28.5. The van der Waals surface area contributed by atoms with Gasteiger partial charge in [-0.15, -0.1) is 0 Å². The van der Waals surface area contributed by atoms with Crippen molar-refractivity contribution in [2.75, 3.05) is 9.80 Å². The van der Waals surface area contributed by atoms with Gasteiger partial charge in [0.25, 0.3) is 0 Å². The van der Waals surface area contributed by atoms with E-state index in [2.05, 4.69) is 434 Å². The van der Waals surface area contributed by atoms with Crippen molar-refractivity contribution in [1.29, 1.82) is 0 Å². The van der Waals surface area contributed by atoms with Gasteiger partial charge in [-0.25, -0.2) is 0 Å². The molecule has 0 amide bonds. The van der Waals surface area contributed by atoms with E-state index in [1.54, 1.807) is 0 Å². The lowest BCUT2D eigenvalue weighted by Gasteiger charge is -2.26. The Morgan fingerprint density at radius 2 is 0.300 bits per heavy atom. The second-order valence-corrected chi connectivity index (χ2v) is 25.2. The highest BCUT2D eigenvalue weighted by atomic mass is 15.1. The first-order valence-corrected chi connectivity index (χ1v) is 34.3. The predicted molar refractivity (Wildman–Crippen MR) is 426 cm³/mol. The van der Waals surface area contributed by atoms with Crippen molar-refractivity contribution in [1.82, 2.24) is 0 Å². The summed E-state index contributed by atoms with van der Waals surface area (Å²) < 4.78 is 0. The minimum absolute atomic E-state index is 1.10. The molecule has 0 aliphatic rings. The molecule has 17 aromatic rings. The van der Waals surface area contributed by atoms with E-state index in [4.69, 9.17) is 0 Å². The number of anilines is 6. The second-order valence-electron chi connectivity index (χ2n) is 25.2. The summed E-state index contributed by atoms with van der Waals surface area (Å²) in [4.78, 5) is 4.68. The smallest absolute Gasteiger partial charge is 0.0462 e. The van der Waals surface area contributed by atoms with Gasteiger partial charge in [-0.05, 0) is 207 Å². The Morgan fingerprint density at radius 3 is 0.590 bits per heavy atom. The average molecular weight is 1280 g/mol. The van der Waals surface area contributed by atoms with Gasteiger partial charge >= 0.3 is 0 Å². The highest BCUT2D eigenvalue weighted by molar-refractivity contribution is 5.98. The summed E-state index contributed by atoms with van der Waals surface area (Å²) in [7, 11) is 0. The Labute approximate surface area is 586 Å². The molecule has 17 aromatic carbocycles. The van der Waals surface area contributed by atoms with Crippen LogP contribution in [0, 0.1) is 0 Å². The zero-order valence-electron chi connectivity index (χ0n) is 55.3. The molecule has 2 nitrogen and oxygen atoms in total. The van der Waals surface area contributed by atoms with Crippen LogP contribution in [0.3, 0.4) is 0 Å². The molecule has 0 spiro atoms. The standard InChI is InChI=1S/C52H37N.C46H33N/c1-3-11-38(12-4-1)41-25-31-48(32-26-41)53(50-35-29-43(30-36-50)47-18-9-17-46(37-47)39-13-5-2-6-14-39)49-33-27-42(28-34-49)40-21-23-45(24-22-40)52-20-10-16-44-15-7-8-19-51(44)52;1-3-11-34(12-4-1)36-21-27-42(28-22-36)47(44-31-25-39(26-32-44)46-20-10-16-38-15-7-8-19-45(38)46)43-29-23-37(24-30-43)41-18-9-17-40(33-41)35-13-5-2-6-14-35/h1-37H;1-33H. The van der Waals surface area contributed by atoms with Crippen LogP contribution >= 0.6 is 0 Å². The van der Waals surface area contributed by atoms with Crippen LogP contribution in [0.2, 0.25) is 0 Å². The average Bonchev–Trinajstić information content (AvgIpc) is 0.805. The third-order valence-corrected chi connectivity index (χ3v) is 19.0. The highest BCUT2D eigenvalue weighted by Gasteiger charge is 2.18. The highest BCUT2D eigenvalue weighted by Crippen LogP contribution is 2.42. The summed E-state index contributed by atoms with van der Waals surface area (Å²) in [5, 5.41) is 5.06. The Morgan fingerprint density at radius 1 is 0.120 bits per heavy atom. The molecule has 472 valence electrons. The molecule has 0 heterocycles. The lowest BCUT2D eigenvalue weighted by Crippen LogP contribution is -2.09. The number of hydrogen-bond acceptors (Lipinski definition) is 2. The molecular formula is C98H70N2. The van der Waals surface area contributed by atoms with Crippen molar-refractivity contribution >= 4 is 55.7 Å². The van der Waals surface area contributed by atoms with Gasteiger partial charge in [0.1, 0.15) is 0 Å². The van der Waals surface area contributed by atoms with E-state index in [0.717, 1.165) is 34.1 Å². The molecule has 0 aliphatic carbocycles. The number of nitrogens with zero attached hydrogens (tertiary/aromatic N) is 2. The van der Waals surface area contributed by atoms with Crippen LogP contribution in [0.1, 0.15) is 0 Å². The third kappa shape index (κ3) is 13.4. The van der Waals surface area contributed by atoms with E-state index in [0.29, 0.717) is 0 Å². The quantitative estimate of drug-likeness (QED) is 0.101. The van der Waals surface area contributed by atoms with Crippen molar-refractivity contribution in [2.24, 2.45) is 0 Å². The van der Waals surface area contributed by atoms with Gasteiger partial charge in [0.15, 0.2) is 0 Å². The molecule has 0 saturated heterocycles. The molecule has 0 aliphatic heterocycles. The van der Waals surface area contributed by atoms with Gasteiger partial charge in [-0.1, -0.05) is 340 Å². The van der Waals surface area contributed by atoms with Crippen molar-refractivity contribution < 1.29 is 0 Å². The van der Waals surface area contributed by atoms with Crippen LogP contribution in [0.25, 0.3) is 122 Å². The van der Waals surface area contributed by atoms with Crippen LogP contribution in [-0.4, -0.2) is 0 Å². The molecule has 100 heavy (non-hydrogen) atoms. The number of benzene rings is 17. The van der Waals surface area contributed by atoms with E-state index in [9.17, 15) is 0 Å². The summed E-state index contributed by atoms with van der Waals surface area (Å²) >= 11 is 0. The first-order valence-electron chi connectivity index (χ1n) is 34.3. The van der Waals surface area contributed by atoms with Crippen molar-refractivity contribution in [2.45, 2.75) is 0 Å². The fourth-order valence-electron chi connectivity index (χ4n) is 13.8. The monoisotopic (exact) mass is 1270 g/mol. The van der Waals surface area contributed by atoms with E-state index >= 15 is 0 Å². The van der Waals surface area contributed by atoms with E-state index in [1.807, 2.05) is 0 Å². The van der Waals surface area contributed by atoms with Crippen molar-refractivity contribution in [3.05, 3.63) is 425 Å². The number of hydrogen-bond donors (Lipinski definition) is 0. The first-order chi connectivity index (χ1) is 49.6. The third-order valence-electron chi connectivity index (χ3n) is 19.0. The van der Waals surface area contributed by atoms with Gasteiger partial charge in [0.2, 0.25) is 0 Å². The van der Waals surface area contributed by atoms with E-state index in [1.165, 1.54) is 122 Å². The van der Waals surface area contributed by atoms with Crippen LogP contribution in [0.5, 0.6) is 0 Å². The molecule has 17 rings (SSSR count). The van der Waals surface area contributed by atoms with E-state index in [-0.39, 0.29) is 0 Å². The number of fused-ring (bicyclic) bond motifs is 2. The predicted octanol–water partition coefficient (Wildman–Crippen LogP) is 27.6. The largest absolute Gasteiger partial charge is 0.311 e. The molecule has 0 saturated carbocycles. The maximum absolute atomic E-state index is 2.34. The Bertz CT molecular complexity index is 5550. The van der Waals surface area contributed by atoms with Crippen LogP contribution in [0.15, 0.2) is 425 Å². The number of rotatable bonds is 15. The molecule has 0 fully saturated rings. The van der Waals surface area contributed by atoms with Gasteiger partial charge in [-0.2, -0.15) is 0 Å². The fraction of sp³-hybridized carbons (Fsp3) is 0. The molecule has 2 heteroatoms. The summed E-state index contributed by atoms with van der Waals surface area (Å²) in [6.07, 6.45) is 0. The van der Waals surface area contributed by atoms with E-state index < -0.39 is 0 Å². The Hall–Kier alpha value is -13.1. The summed E-state index contributed by atoms with van der Waals surface area (Å²) in [5.74, 6) is 0. The molecule has 0 atom stereocenters. The first kappa shape index (κ1) is 61.7. The lowest BCUT2D eigenvalue weighted by atomic mass is 9.96. The second kappa shape index (κ2) is 28.7. The molecule has 0 bridgehead atoms. The van der Waals surface area contributed by atoms with Crippen molar-refractivity contribution in [3.8, 4) is 100 Å². The van der Waals surface area contributed by atoms with Gasteiger partial charge < -0.3 is 9.80 Å². The normalized spacial score (nSPS) is 11.0. The zero-order chi connectivity index (χ0) is 66.8. The minimum Gasteiger partial charge on any atom is -0.311 e. The summed E-state index contributed by atoms with van der Waals surface area (Å²) in [6, 6.07) is 152. The fourth-order valence-corrected chi connectivity index (χ4v) is 13.8. The van der Waals surface area contributed by atoms with Gasteiger partial charge in [0, 0.05) is 34.1 Å². The maximum Gasteiger partial charge on any atom is 0.0462 e.